The van der Waals surface area contributed by atoms with Crippen LogP contribution in [0.15, 0.2) is 82.8 Å². The van der Waals surface area contributed by atoms with Crippen molar-refractivity contribution in [2.24, 2.45) is 9.98 Å². The van der Waals surface area contributed by atoms with Gasteiger partial charge in [-0.3, -0.25) is 14.6 Å². The van der Waals surface area contributed by atoms with Crippen LogP contribution in [0.3, 0.4) is 0 Å². The Bertz CT molecular complexity index is 1390. The molecule has 1 N–H and O–H groups in total. The first kappa shape index (κ1) is 25.0. The van der Waals surface area contributed by atoms with Gasteiger partial charge in [0.05, 0.1) is 12.8 Å². The molecule has 0 radical (unpaired) electrons. The number of nitrogens with one attached hydrogen (secondary N) is 1. The number of amides is 2. The molecule has 5 rings (SSSR count). The summed E-state index contributed by atoms with van der Waals surface area (Å²) < 4.78 is 5.16. The van der Waals surface area contributed by atoms with Gasteiger partial charge in [0.2, 0.25) is 5.91 Å². The highest BCUT2D eigenvalue weighted by Crippen LogP contribution is 2.35. The molecule has 9 heteroatoms. The number of rotatable bonds is 8. The van der Waals surface area contributed by atoms with Gasteiger partial charge in [-0.05, 0) is 47.9 Å². The second kappa shape index (κ2) is 11.2. The van der Waals surface area contributed by atoms with E-state index in [0.29, 0.717) is 34.7 Å². The number of carbonyl (C=O) groups is 2. The number of ether oxygens (including phenoxy) is 1. The topological polar surface area (TPSA) is 83.4 Å². The lowest BCUT2D eigenvalue weighted by Crippen LogP contribution is -2.41. The average Bonchev–Trinajstić information content (AvgIpc) is 3.27. The molecular weight excluding hydrogens is 508 g/mol. The van der Waals surface area contributed by atoms with Gasteiger partial charge in [-0.1, -0.05) is 65.8 Å². The third-order valence-corrected chi connectivity index (χ3v) is 7.51. The molecule has 188 valence electrons. The fraction of sp³-hybridized carbons (Fsp3) is 0.214. The van der Waals surface area contributed by atoms with Crippen molar-refractivity contribution in [3.05, 3.63) is 94.5 Å². The van der Waals surface area contributed by atoms with E-state index < -0.39 is 6.04 Å². The number of hydrogen-bond donors (Lipinski definition) is 1. The number of hydrogen-bond acceptors (Lipinski definition) is 6. The van der Waals surface area contributed by atoms with E-state index in [1.807, 2.05) is 72.8 Å². The summed E-state index contributed by atoms with van der Waals surface area (Å²) in [5.74, 6) is 1.62. The van der Waals surface area contributed by atoms with Crippen LogP contribution in [-0.2, 0) is 21.9 Å². The lowest BCUT2D eigenvalue weighted by molar-refractivity contribution is -0.125. The molecule has 7 nitrogen and oxygen atoms in total. The first-order valence-electron chi connectivity index (χ1n) is 11.9. The standard InChI is InChI=1S/C28H25ClN4O3S/c1-36-20-12-10-18(11-13-20)16-30-25(34)15-14-24-27(35)33-26(31-24)21-7-3-5-9-23(21)32-28(33)37-17-19-6-2-4-8-22(19)29/h2-13,24H,14-17H2,1H3,(H,30,34). The number of halogens is 1. The van der Waals surface area contributed by atoms with Gasteiger partial charge in [-0.2, -0.15) is 0 Å². The number of amidine groups is 2. The maximum Gasteiger partial charge on any atom is 0.259 e. The number of nitrogens with zero attached hydrogens (tertiary/aromatic N) is 3. The van der Waals surface area contributed by atoms with Gasteiger partial charge in [-0.25, -0.2) is 9.89 Å². The van der Waals surface area contributed by atoms with Crippen molar-refractivity contribution in [3.63, 3.8) is 0 Å². The van der Waals surface area contributed by atoms with Crippen molar-refractivity contribution < 1.29 is 14.3 Å². The van der Waals surface area contributed by atoms with Gasteiger partial charge >= 0.3 is 0 Å². The SMILES string of the molecule is COc1ccc(CNC(=O)CCC2N=C3c4ccccc4N=C(SCc4ccccc4Cl)N3C2=O)cc1. The average molecular weight is 533 g/mol. The van der Waals surface area contributed by atoms with E-state index in [0.717, 1.165) is 28.1 Å². The van der Waals surface area contributed by atoms with E-state index in [1.54, 1.807) is 12.0 Å². The summed E-state index contributed by atoms with van der Waals surface area (Å²) in [5, 5.41) is 4.15. The number of benzene rings is 3. The van der Waals surface area contributed by atoms with Crippen molar-refractivity contribution in [3.8, 4) is 5.75 Å². The minimum atomic E-state index is -0.640. The van der Waals surface area contributed by atoms with E-state index in [4.69, 9.17) is 26.3 Å². The third kappa shape index (κ3) is 5.55. The van der Waals surface area contributed by atoms with Crippen molar-refractivity contribution in [1.29, 1.82) is 0 Å². The molecule has 2 amide bonds. The Labute approximate surface area is 224 Å². The molecule has 0 saturated carbocycles. The Hall–Kier alpha value is -3.62. The van der Waals surface area contributed by atoms with Crippen LogP contribution in [0.5, 0.6) is 5.75 Å². The van der Waals surface area contributed by atoms with Crippen LogP contribution in [-0.4, -0.2) is 40.9 Å². The minimum absolute atomic E-state index is 0.129. The lowest BCUT2D eigenvalue weighted by Gasteiger charge is -2.25. The van der Waals surface area contributed by atoms with Crippen LogP contribution in [0.1, 0.15) is 29.5 Å². The minimum Gasteiger partial charge on any atom is -0.497 e. The highest BCUT2D eigenvalue weighted by molar-refractivity contribution is 8.13. The summed E-state index contributed by atoms with van der Waals surface area (Å²) in [6.07, 6.45) is 0.510. The lowest BCUT2D eigenvalue weighted by atomic mass is 10.1. The Morgan fingerprint density at radius 1 is 1.08 bits per heavy atom. The van der Waals surface area contributed by atoms with Crippen LogP contribution < -0.4 is 10.1 Å². The van der Waals surface area contributed by atoms with Crippen LogP contribution >= 0.6 is 23.4 Å². The number of para-hydroxylation sites is 1. The van der Waals surface area contributed by atoms with Gasteiger partial charge in [-0.15, -0.1) is 0 Å². The highest BCUT2D eigenvalue weighted by Gasteiger charge is 2.41. The summed E-state index contributed by atoms with van der Waals surface area (Å²) >= 11 is 7.78. The Morgan fingerprint density at radius 2 is 1.84 bits per heavy atom. The zero-order chi connectivity index (χ0) is 25.8. The number of carbonyl (C=O) groups excluding carboxylic acids is 2. The highest BCUT2D eigenvalue weighted by atomic mass is 35.5. The monoisotopic (exact) mass is 532 g/mol. The Kier molecular flexibility index (Phi) is 7.58. The second-order valence-corrected chi connectivity index (χ2v) is 9.95. The quantitative estimate of drug-likeness (QED) is 0.424. The zero-order valence-electron chi connectivity index (χ0n) is 20.2. The summed E-state index contributed by atoms with van der Waals surface area (Å²) in [6, 6.07) is 22.1. The van der Waals surface area contributed by atoms with Crippen LogP contribution in [0.4, 0.5) is 5.69 Å². The number of thioether (sulfide) groups is 1. The van der Waals surface area contributed by atoms with Crippen LogP contribution in [0, 0.1) is 0 Å². The van der Waals surface area contributed by atoms with E-state index in [2.05, 4.69) is 5.32 Å². The van der Waals surface area contributed by atoms with Crippen LogP contribution in [0.25, 0.3) is 0 Å². The first-order chi connectivity index (χ1) is 18.0. The smallest absolute Gasteiger partial charge is 0.259 e. The second-order valence-electron chi connectivity index (χ2n) is 8.60. The molecule has 0 fully saturated rings. The largest absolute Gasteiger partial charge is 0.497 e. The molecule has 0 spiro atoms. The fourth-order valence-corrected chi connectivity index (χ4v) is 5.43. The Morgan fingerprint density at radius 3 is 2.62 bits per heavy atom. The number of fused-ring (bicyclic) bond motifs is 3. The normalized spacial score (nSPS) is 16.0. The number of aliphatic imine (C=N–C) groups is 2. The van der Waals surface area contributed by atoms with Gasteiger partial charge < -0.3 is 10.1 Å². The van der Waals surface area contributed by atoms with Crippen molar-refractivity contribution >= 4 is 51.9 Å². The van der Waals surface area contributed by atoms with E-state index >= 15 is 0 Å². The van der Waals surface area contributed by atoms with Crippen molar-refractivity contribution in [2.75, 3.05) is 7.11 Å². The Balaban J connectivity index is 1.26. The molecule has 0 bridgehead atoms. The maximum atomic E-state index is 13.4. The van der Waals surface area contributed by atoms with Gasteiger partial charge in [0.15, 0.2) is 5.17 Å². The maximum absolute atomic E-state index is 13.4. The molecule has 0 saturated heterocycles. The molecule has 2 aliphatic rings. The molecule has 2 heterocycles. The molecule has 1 atom stereocenters. The van der Waals surface area contributed by atoms with Crippen molar-refractivity contribution in [1.82, 2.24) is 10.2 Å². The van der Waals surface area contributed by atoms with E-state index in [1.165, 1.54) is 11.8 Å². The van der Waals surface area contributed by atoms with Gasteiger partial charge in [0, 0.05) is 29.3 Å². The van der Waals surface area contributed by atoms with Gasteiger partial charge in [0.1, 0.15) is 17.6 Å². The summed E-state index contributed by atoms with van der Waals surface area (Å²) in [6.45, 7) is 0.408. The number of methoxy groups -OCH3 is 1. The van der Waals surface area contributed by atoms with E-state index in [9.17, 15) is 9.59 Å². The molecule has 0 aliphatic carbocycles. The fourth-order valence-electron chi connectivity index (χ4n) is 4.14. The molecule has 3 aromatic rings. The van der Waals surface area contributed by atoms with E-state index in [-0.39, 0.29) is 18.2 Å². The van der Waals surface area contributed by atoms with Crippen molar-refractivity contribution in [2.45, 2.75) is 31.2 Å². The molecule has 2 aliphatic heterocycles. The molecule has 3 aromatic carbocycles. The molecule has 1 unspecified atom stereocenters. The molecule has 37 heavy (non-hydrogen) atoms. The summed E-state index contributed by atoms with van der Waals surface area (Å²) in [7, 11) is 1.61. The molecular formula is C28H25ClN4O3S. The zero-order valence-corrected chi connectivity index (χ0v) is 21.8. The third-order valence-electron chi connectivity index (χ3n) is 6.16. The first-order valence-corrected chi connectivity index (χ1v) is 13.3. The predicted octanol–water partition coefficient (Wildman–Crippen LogP) is 5.34. The molecule has 0 aromatic heterocycles. The predicted molar refractivity (Wildman–Crippen MR) is 148 cm³/mol. The summed E-state index contributed by atoms with van der Waals surface area (Å²) in [4.78, 5) is 37.1. The van der Waals surface area contributed by atoms with Crippen LogP contribution in [0.2, 0.25) is 5.02 Å². The van der Waals surface area contributed by atoms with Gasteiger partial charge in [0.25, 0.3) is 5.91 Å². The summed E-state index contributed by atoms with van der Waals surface area (Å²) in [5.41, 5.74) is 3.51.